The van der Waals surface area contributed by atoms with Crippen molar-refractivity contribution in [3.8, 4) is 39.1 Å². The molecule has 0 saturated carbocycles. The van der Waals surface area contributed by atoms with Crippen molar-refractivity contribution in [2.45, 2.75) is 5.41 Å². The van der Waals surface area contributed by atoms with Crippen molar-refractivity contribution < 1.29 is 0 Å². The fraction of sp³-hybridized carbons (Fsp3) is 0.0164. The Hall–Kier alpha value is -8.20. The van der Waals surface area contributed by atoms with E-state index >= 15 is 0 Å². The van der Waals surface area contributed by atoms with E-state index in [-0.39, 0.29) is 0 Å². The van der Waals surface area contributed by atoms with Crippen molar-refractivity contribution in [2.75, 3.05) is 4.90 Å². The van der Waals surface area contributed by atoms with Gasteiger partial charge in [0.25, 0.3) is 0 Å². The second-order valence-electron chi connectivity index (χ2n) is 16.5. The van der Waals surface area contributed by atoms with Gasteiger partial charge in [-0.1, -0.05) is 188 Å². The zero-order chi connectivity index (χ0) is 41.7. The molecule has 0 bridgehead atoms. The van der Waals surface area contributed by atoms with Crippen LogP contribution in [0.4, 0.5) is 17.1 Å². The quantitative estimate of drug-likeness (QED) is 0.149. The first-order valence-corrected chi connectivity index (χ1v) is 21.8. The lowest BCUT2D eigenvalue weighted by Gasteiger charge is -2.34. The van der Waals surface area contributed by atoms with Crippen LogP contribution in [-0.2, 0) is 5.41 Å². The number of nitrogens with zero attached hydrogens (tertiary/aromatic N) is 2. The third-order valence-corrected chi connectivity index (χ3v) is 13.1. The highest BCUT2D eigenvalue weighted by Gasteiger charge is 2.46. The van der Waals surface area contributed by atoms with E-state index in [9.17, 15) is 0 Å². The van der Waals surface area contributed by atoms with Gasteiger partial charge >= 0.3 is 0 Å². The number of aromatic nitrogens is 1. The minimum Gasteiger partial charge on any atom is -0.311 e. The Morgan fingerprint density at radius 2 is 0.730 bits per heavy atom. The van der Waals surface area contributed by atoms with E-state index in [0.29, 0.717) is 0 Å². The molecule has 12 rings (SSSR count). The Morgan fingerprint density at radius 3 is 1.29 bits per heavy atom. The first-order valence-electron chi connectivity index (χ1n) is 21.8. The summed E-state index contributed by atoms with van der Waals surface area (Å²) >= 11 is 0. The second kappa shape index (κ2) is 15.1. The minimum absolute atomic E-state index is 0.463. The first kappa shape index (κ1) is 36.6. The molecular formula is C61H42N2. The predicted molar refractivity (Wildman–Crippen MR) is 264 cm³/mol. The standard InChI is InChI=1S/C61H42N2/c1-4-16-43(17-5-1)45-28-33-49(34-29-45)62(50-35-30-46(31-36-50)44-18-6-2-7-19-44)51-37-39-52(40-38-51)63-59-27-15-12-24-55(59)56-42-48(32-41-60(56)63)61(47-20-8-3-9-21-47)57-25-13-10-22-53(57)54-23-11-14-26-58(54)61/h1-42H. The zero-order valence-corrected chi connectivity index (χ0v) is 34.6. The molecule has 0 unspecified atom stereocenters. The van der Waals surface area contributed by atoms with Gasteiger partial charge in [0, 0.05) is 33.5 Å². The molecule has 0 fully saturated rings. The largest absolute Gasteiger partial charge is 0.311 e. The maximum absolute atomic E-state index is 2.47. The molecule has 0 radical (unpaired) electrons. The van der Waals surface area contributed by atoms with Gasteiger partial charge < -0.3 is 9.47 Å². The van der Waals surface area contributed by atoms with E-state index in [1.54, 1.807) is 0 Å². The van der Waals surface area contributed by atoms with Crippen molar-refractivity contribution in [1.82, 2.24) is 4.57 Å². The van der Waals surface area contributed by atoms with Gasteiger partial charge in [-0.05, 0) is 122 Å². The number of fused-ring (bicyclic) bond motifs is 6. The van der Waals surface area contributed by atoms with Gasteiger partial charge in [-0.3, -0.25) is 0 Å². The van der Waals surface area contributed by atoms with Gasteiger partial charge in [-0.15, -0.1) is 0 Å². The predicted octanol–water partition coefficient (Wildman–Crippen LogP) is 16.0. The van der Waals surface area contributed by atoms with Crippen LogP contribution in [0, 0.1) is 0 Å². The van der Waals surface area contributed by atoms with Crippen molar-refractivity contribution in [3.05, 3.63) is 277 Å². The van der Waals surface area contributed by atoms with Crippen LogP contribution in [0.15, 0.2) is 255 Å². The molecule has 0 atom stereocenters. The van der Waals surface area contributed by atoms with Crippen LogP contribution in [0.5, 0.6) is 0 Å². The van der Waals surface area contributed by atoms with E-state index in [2.05, 4.69) is 264 Å². The summed E-state index contributed by atoms with van der Waals surface area (Å²) < 4.78 is 2.43. The van der Waals surface area contributed by atoms with Gasteiger partial charge in [0.15, 0.2) is 0 Å². The summed E-state index contributed by atoms with van der Waals surface area (Å²) in [5.74, 6) is 0. The number of anilines is 3. The number of hydrogen-bond donors (Lipinski definition) is 0. The van der Waals surface area contributed by atoms with Crippen molar-refractivity contribution in [3.63, 3.8) is 0 Å². The zero-order valence-electron chi connectivity index (χ0n) is 34.6. The minimum atomic E-state index is -0.463. The van der Waals surface area contributed by atoms with Gasteiger partial charge in [0.05, 0.1) is 16.4 Å². The summed E-state index contributed by atoms with van der Waals surface area (Å²) in [6.45, 7) is 0. The number of para-hydroxylation sites is 1. The third-order valence-electron chi connectivity index (χ3n) is 13.1. The Bertz CT molecular complexity index is 3280. The molecular weight excluding hydrogens is 761 g/mol. The second-order valence-corrected chi connectivity index (χ2v) is 16.5. The van der Waals surface area contributed by atoms with Crippen molar-refractivity contribution >= 4 is 38.9 Å². The van der Waals surface area contributed by atoms with Crippen LogP contribution in [0.2, 0.25) is 0 Å². The van der Waals surface area contributed by atoms with Crippen LogP contribution >= 0.6 is 0 Å². The average molecular weight is 803 g/mol. The molecule has 1 aliphatic carbocycles. The highest BCUT2D eigenvalue weighted by molar-refractivity contribution is 6.10. The summed E-state index contributed by atoms with van der Waals surface area (Å²) in [6.07, 6.45) is 0. The summed E-state index contributed by atoms with van der Waals surface area (Å²) in [5, 5.41) is 2.47. The molecule has 63 heavy (non-hydrogen) atoms. The highest BCUT2D eigenvalue weighted by Crippen LogP contribution is 2.56. The molecule has 0 N–H and O–H groups in total. The Morgan fingerprint density at radius 1 is 0.302 bits per heavy atom. The Kier molecular flexibility index (Phi) is 8.76. The number of hydrogen-bond acceptors (Lipinski definition) is 1. The Balaban J connectivity index is 0.987. The van der Waals surface area contributed by atoms with Gasteiger partial charge in [-0.25, -0.2) is 0 Å². The Labute approximate surface area is 368 Å². The van der Waals surface area contributed by atoms with E-state index in [1.165, 1.54) is 77.4 Å². The fourth-order valence-electron chi connectivity index (χ4n) is 10.3. The van der Waals surface area contributed by atoms with Crippen LogP contribution in [-0.4, -0.2) is 4.57 Å². The molecule has 0 spiro atoms. The normalized spacial score (nSPS) is 12.6. The molecule has 0 aliphatic heterocycles. The lowest BCUT2D eigenvalue weighted by Crippen LogP contribution is -2.28. The molecule has 1 heterocycles. The van der Waals surface area contributed by atoms with Crippen LogP contribution < -0.4 is 4.90 Å². The average Bonchev–Trinajstić information content (AvgIpc) is 3.86. The third kappa shape index (κ3) is 5.95. The van der Waals surface area contributed by atoms with Gasteiger partial charge in [0.1, 0.15) is 0 Å². The summed E-state index contributed by atoms with van der Waals surface area (Å²) in [4.78, 5) is 2.35. The van der Waals surface area contributed by atoms with E-state index in [0.717, 1.165) is 22.7 Å². The number of benzene rings is 10. The lowest BCUT2D eigenvalue weighted by atomic mass is 9.67. The summed E-state index contributed by atoms with van der Waals surface area (Å²) in [5.41, 5.74) is 18.9. The van der Waals surface area contributed by atoms with E-state index in [1.807, 2.05) is 0 Å². The SMILES string of the molecule is c1ccc(-c2ccc(N(c3ccc(-c4ccccc4)cc3)c3ccc(-n4c5ccccc5c5cc(C6(c7ccccc7)c7ccccc7-c7ccccc76)ccc54)cc3)cc2)cc1. The van der Waals surface area contributed by atoms with Crippen LogP contribution in [0.25, 0.3) is 60.9 Å². The highest BCUT2D eigenvalue weighted by atomic mass is 15.1. The summed E-state index contributed by atoms with van der Waals surface area (Å²) in [6, 6.07) is 93.1. The molecule has 0 amide bonds. The van der Waals surface area contributed by atoms with Crippen LogP contribution in [0.1, 0.15) is 22.3 Å². The monoisotopic (exact) mass is 802 g/mol. The van der Waals surface area contributed by atoms with Gasteiger partial charge in [0.2, 0.25) is 0 Å². The summed E-state index contributed by atoms with van der Waals surface area (Å²) in [7, 11) is 0. The van der Waals surface area contributed by atoms with Crippen molar-refractivity contribution in [2.24, 2.45) is 0 Å². The molecule has 10 aromatic carbocycles. The lowest BCUT2D eigenvalue weighted by molar-refractivity contribution is 0.770. The first-order chi connectivity index (χ1) is 31.3. The number of rotatable bonds is 8. The van der Waals surface area contributed by atoms with E-state index < -0.39 is 5.41 Å². The maximum Gasteiger partial charge on any atom is 0.0713 e. The molecule has 1 aromatic heterocycles. The molecule has 296 valence electrons. The maximum atomic E-state index is 2.47. The molecule has 2 nitrogen and oxygen atoms in total. The molecule has 11 aromatic rings. The molecule has 1 aliphatic rings. The molecule has 0 saturated heterocycles. The smallest absolute Gasteiger partial charge is 0.0713 e. The van der Waals surface area contributed by atoms with Crippen LogP contribution in [0.3, 0.4) is 0 Å². The topological polar surface area (TPSA) is 8.17 Å². The van der Waals surface area contributed by atoms with Gasteiger partial charge in [-0.2, -0.15) is 0 Å². The van der Waals surface area contributed by atoms with Crippen molar-refractivity contribution in [1.29, 1.82) is 0 Å². The fourth-order valence-corrected chi connectivity index (χ4v) is 10.3. The van der Waals surface area contributed by atoms with E-state index in [4.69, 9.17) is 0 Å². The molecule has 2 heteroatoms.